The molecule has 30 heavy (non-hydrogen) atoms. The maximum Gasteiger partial charge on any atom is 0.343 e. The lowest BCUT2D eigenvalue weighted by atomic mass is 10.2. The first-order chi connectivity index (χ1) is 14.4. The third-order valence-corrected chi connectivity index (χ3v) is 5.66. The minimum atomic E-state index is -3.81. The molecule has 3 aromatic rings. The van der Waals surface area contributed by atoms with Gasteiger partial charge in [-0.3, -0.25) is 0 Å². The summed E-state index contributed by atoms with van der Waals surface area (Å²) in [4.78, 5) is 14.7. The zero-order chi connectivity index (χ0) is 21.6. The van der Waals surface area contributed by atoms with E-state index in [9.17, 15) is 13.2 Å². The predicted molar refractivity (Wildman–Crippen MR) is 116 cm³/mol. The van der Waals surface area contributed by atoms with Gasteiger partial charge in [0.1, 0.15) is 11.5 Å². The molecule has 0 saturated carbocycles. The van der Waals surface area contributed by atoms with Crippen LogP contribution in [0.4, 0.5) is 0 Å². The molecule has 0 aliphatic carbocycles. The molecule has 0 spiro atoms. The summed E-state index contributed by atoms with van der Waals surface area (Å²) >= 11 is 3.34. The minimum Gasteiger partial charge on any atom is -0.497 e. The van der Waals surface area contributed by atoms with Crippen molar-refractivity contribution in [2.24, 2.45) is 5.10 Å². The van der Waals surface area contributed by atoms with Crippen molar-refractivity contribution in [3.8, 4) is 11.5 Å². The number of rotatable bonds is 7. The number of hydrogen-bond acceptors (Lipinski definition) is 6. The van der Waals surface area contributed by atoms with E-state index >= 15 is 0 Å². The lowest BCUT2D eigenvalue weighted by Crippen LogP contribution is -2.18. The zero-order valence-electron chi connectivity index (χ0n) is 15.8. The Morgan fingerprint density at radius 2 is 1.73 bits per heavy atom. The van der Waals surface area contributed by atoms with E-state index in [1.54, 1.807) is 60.7 Å². The number of halogens is 1. The molecule has 3 rings (SSSR count). The highest BCUT2D eigenvalue weighted by Gasteiger charge is 2.13. The molecule has 1 N–H and O–H groups in total. The Morgan fingerprint density at radius 3 is 2.40 bits per heavy atom. The van der Waals surface area contributed by atoms with Crippen LogP contribution in [0.5, 0.6) is 11.5 Å². The molecule has 0 heterocycles. The highest BCUT2D eigenvalue weighted by molar-refractivity contribution is 9.10. The van der Waals surface area contributed by atoms with Crippen LogP contribution >= 0.6 is 15.9 Å². The molecule has 0 bridgehead atoms. The number of hydrazone groups is 1. The van der Waals surface area contributed by atoms with Gasteiger partial charge >= 0.3 is 5.97 Å². The first-order valence-electron chi connectivity index (χ1n) is 8.65. The summed E-state index contributed by atoms with van der Waals surface area (Å²) in [6.07, 6.45) is 1.27. The fourth-order valence-corrected chi connectivity index (χ4v) is 3.61. The molecule has 0 aliphatic heterocycles. The molecule has 0 amide bonds. The molecule has 0 aromatic heterocycles. The van der Waals surface area contributed by atoms with Crippen LogP contribution in [0.3, 0.4) is 0 Å². The summed E-state index contributed by atoms with van der Waals surface area (Å²) < 4.78 is 35.8. The zero-order valence-corrected chi connectivity index (χ0v) is 18.2. The molecule has 0 radical (unpaired) electrons. The molecule has 0 saturated heterocycles. The van der Waals surface area contributed by atoms with Crippen LogP contribution in [-0.2, 0) is 10.0 Å². The normalized spacial score (nSPS) is 11.3. The van der Waals surface area contributed by atoms with E-state index in [1.165, 1.54) is 25.5 Å². The summed E-state index contributed by atoms with van der Waals surface area (Å²) in [5, 5.41) is 3.80. The topological polar surface area (TPSA) is 94.1 Å². The summed E-state index contributed by atoms with van der Waals surface area (Å²) in [7, 11) is -2.27. The van der Waals surface area contributed by atoms with Gasteiger partial charge in [0.05, 0.1) is 23.8 Å². The number of carbonyl (C=O) groups excluding carboxylic acids is 1. The second-order valence-electron chi connectivity index (χ2n) is 5.97. The highest BCUT2D eigenvalue weighted by Crippen LogP contribution is 2.23. The number of ether oxygens (including phenoxy) is 2. The third kappa shape index (κ3) is 5.46. The Bertz CT molecular complexity index is 1160. The molecule has 3 aromatic carbocycles. The Balaban J connectivity index is 1.78. The molecule has 7 nitrogen and oxygen atoms in total. The van der Waals surface area contributed by atoms with Gasteiger partial charge in [0.15, 0.2) is 0 Å². The van der Waals surface area contributed by atoms with Gasteiger partial charge in [-0.2, -0.15) is 13.5 Å². The van der Waals surface area contributed by atoms with Crippen molar-refractivity contribution in [2.45, 2.75) is 4.90 Å². The van der Waals surface area contributed by atoms with Crippen LogP contribution in [0.1, 0.15) is 15.9 Å². The molecular formula is C21H17BrN2O5S. The van der Waals surface area contributed by atoms with E-state index in [1.807, 2.05) is 0 Å². The van der Waals surface area contributed by atoms with Crippen molar-refractivity contribution in [1.29, 1.82) is 0 Å². The number of methoxy groups -OCH3 is 1. The SMILES string of the molecule is COc1ccc(C(=O)Oc2ccc(Br)cc2/C=N\NS(=O)(=O)c2ccccc2)cc1. The molecule has 0 aliphatic rings. The van der Waals surface area contributed by atoms with Gasteiger partial charge in [-0.05, 0) is 54.6 Å². The van der Waals surface area contributed by atoms with Crippen molar-refractivity contribution in [3.63, 3.8) is 0 Å². The second kappa shape index (κ2) is 9.55. The van der Waals surface area contributed by atoms with Crippen LogP contribution < -0.4 is 14.3 Å². The van der Waals surface area contributed by atoms with E-state index in [0.717, 1.165) is 0 Å². The van der Waals surface area contributed by atoms with Crippen molar-refractivity contribution in [3.05, 3.63) is 88.4 Å². The monoisotopic (exact) mass is 488 g/mol. The number of benzene rings is 3. The number of esters is 1. The first-order valence-corrected chi connectivity index (χ1v) is 10.9. The Morgan fingerprint density at radius 1 is 1.03 bits per heavy atom. The van der Waals surface area contributed by atoms with Crippen LogP contribution in [0.25, 0.3) is 0 Å². The quantitative estimate of drug-likeness (QED) is 0.235. The summed E-state index contributed by atoms with van der Waals surface area (Å²) in [6.45, 7) is 0. The highest BCUT2D eigenvalue weighted by atomic mass is 79.9. The molecular weight excluding hydrogens is 472 g/mol. The van der Waals surface area contributed by atoms with Crippen molar-refractivity contribution >= 4 is 38.1 Å². The Hall–Kier alpha value is -3.17. The minimum absolute atomic E-state index is 0.0857. The van der Waals surface area contributed by atoms with Gasteiger partial charge in [0.2, 0.25) is 0 Å². The standard InChI is InChI=1S/C21H17BrN2O5S/c1-28-18-10-7-15(8-11-18)21(25)29-20-12-9-17(22)13-16(20)14-23-24-30(26,27)19-5-3-2-4-6-19/h2-14,24H,1H3/b23-14-. The largest absolute Gasteiger partial charge is 0.497 e. The summed E-state index contributed by atoms with van der Waals surface area (Å²) in [6, 6.07) is 19.3. The van der Waals surface area contributed by atoms with Crippen LogP contribution in [0.15, 0.2) is 87.3 Å². The van der Waals surface area contributed by atoms with Gasteiger partial charge < -0.3 is 9.47 Å². The number of nitrogens with one attached hydrogen (secondary N) is 1. The molecule has 0 unspecified atom stereocenters. The summed E-state index contributed by atoms with van der Waals surface area (Å²) in [5.41, 5.74) is 0.744. The molecule has 0 fully saturated rings. The van der Waals surface area contributed by atoms with Gasteiger partial charge in [0, 0.05) is 10.0 Å². The number of nitrogens with zero attached hydrogens (tertiary/aromatic N) is 1. The van der Waals surface area contributed by atoms with Crippen molar-refractivity contribution in [2.75, 3.05) is 7.11 Å². The van der Waals surface area contributed by atoms with Crippen LogP contribution in [-0.4, -0.2) is 27.7 Å². The maximum absolute atomic E-state index is 12.4. The molecule has 154 valence electrons. The first kappa shape index (κ1) is 21.5. The lowest BCUT2D eigenvalue weighted by Gasteiger charge is -2.09. The van der Waals surface area contributed by atoms with Gasteiger partial charge in [-0.15, -0.1) is 0 Å². The maximum atomic E-state index is 12.4. The van der Waals surface area contributed by atoms with Crippen LogP contribution in [0, 0.1) is 0 Å². The fourth-order valence-electron chi connectivity index (χ4n) is 2.42. The van der Waals surface area contributed by atoms with Crippen molar-refractivity contribution < 1.29 is 22.7 Å². The van der Waals surface area contributed by atoms with E-state index in [4.69, 9.17) is 9.47 Å². The average molecular weight is 489 g/mol. The van der Waals surface area contributed by atoms with E-state index in [-0.39, 0.29) is 10.6 Å². The van der Waals surface area contributed by atoms with Gasteiger partial charge in [-0.25, -0.2) is 9.63 Å². The van der Waals surface area contributed by atoms with E-state index < -0.39 is 16.0 Å². The molecule has 9 heteroatoms. The van der Waals surface area contributed by atoms with E-state index in [0.29, 0.717) is 21.3 Å². The third-order valence-electron chi connectivity index (χ3n) is 3.93. The van der Waals surface area contributed by atoms with E-state index in [2.05, 4.69) is 25.9 Å². The Kier molecular flexibility index (Phi) is 6.86. The number of hydrogen-bond donors (Lipinski definition) is 1. The second-order valence-corrected chi connectivity index (χ2v) is 8.54. The van der Waals surface area contributed by atoms with Crippen molar-refractivity contribution in [1.82, 2.24) is 4.83 Å². The Labute approximate surface area is 182 Å². The predicted octanol–water partition coefficient (Wildman–Crippen LogP) is 3.99. The number of carbonyl (C=O) groups is 1. The molecule has 0 atom stereocenters. The van der Waals surface area contributed by atoms with Gasteiger partial charge in [-0.1, -0.05) is 34.1 Å². The lowest BCUT2D eigenvalue weighted by molar-refractivity contribution is 0.0734. The van der Waals surface area contributed by atoms with Crippen LogP contribution in [0.2, 0.25) is 0 Å². The summed E-state index contributed by atoms with van der Waals surface area (Å²) in [5.74, 6) is 0.273. The van der Waals surface area contributed by atoms with Gasteiger partial charge in [0.25, 0.3) is 10.0 Å². The number of sulfonamides is 1. The fraction of sp³-hybridized carbons (Fsp3) is 0.0476. The average Bonchev–Trinajstić information content (AvgIpc) is 2.76. The smallest absolute Gasteiger partial charge is 0.343 e.